The van der Waals surface area contributed by atoms with Gasteiger partial charge in [-0.05, 0) is 55.3 Å². The Kier molecular flexibility index (Phi) is 6.26. The maximum atomic E-state index is 14.9. The van der Waals surface area contributed by atoms with Gasteiger partial charge >= 0.3 is 5.97 Å². The second kappa shape index (κ2) is 9.53. The fourth-order valence-electron chi connectivity index (χ4n) is 4.78. The van der Waals surface area contributed by atoms with Crippen molar-refractivity contribution in [1.29, 1.82) is 0 Å². The van der Waals surface area contributed by atoms with Crippen LogP contribution in [0.15, 0.2) is 54.6 Å². The van der Waals surface area contributed by atoms with Crippen LogP contribution in [-0.4, -0.2) is 42.6 Å². The molecule has 1 heterocycles. The summed E-state index contributed by atoms with van der Waals surface area (Å²) in [6, 6.07) is 15.2. The number of hydrogen-bond donors (Lipinski definition) is 1. The van der Waals surface area contributed by atoms with E-state index in [4.69, 9.17) is 19.3 Å². The molecule has 2 aliphatic rings. The van der Waals surface area contributed by atoms with Gasteiger partial charge in [-0.1, -0.05) is 6.07 Å². The van der Waals surface area contributed by atoms with Crippen LogP contribution in [0.1, 0.15) is 51.9 Å². The molecular formula is C28H26FNO6. The fraction of sp³-hybridized carbons (Fsp3) is 0.286. The van der Waals surface area contributed by atoms with Crippen molar-refractivity contribution >= 4 is 11.9 Å². The predicted molar refractivity (Wildman–Crippen MR) is 130 cm³/mol. The van der Waals surface area contributed by atoms with Gasteiger partial charge in [0.1, 0.15) is 34.9 Å². The Morgan fingerprint density at radius 1 is 1.08 bits per heavy atom. The van der Waals surface area contributed by atoms with Crippen LogP contribution in [0.2, 0.25) is 0 Å². The topological polar surface area (TPSA) is 85.3 Å². The molecule has 3 aromatic rings. The smallest absolute Gasteiger partial charge is 0.304 e. The predicted octanol–water partition coefficient (Wildman–Crippen LogP) is 5.34. The molecule has 1 N–H and O–H groups in total. The van der Waals surface area contributed by atoms with Crippen molar-refractivity contribution in [2.75, 3.05) is 20.7 Å². The van der Waals surface area contributed by atoms with Crippen molar-refractivity contribution in [3.05, 3.63) is 82.7 Å². The molecule has 0 fully saturated rings. The molecule has 2 atom stereocenters. The highest BCUT2D eigenvalue weighted by Gasteiger charge is 2.32. The number of fused-ring (bicyclic) bond motifs is 2. The van der Waals surface area contributed by atoms with Crippen molar-refractivity contribution < 1.29 is 33.3 Å². The zero-order valence-corrected chi connectivity index (χ0v) is 20.0. The Labute approximate surface area is 208 Å². The Morgan fingerprint density at radius 2 is 1.83 bits per heavy atom. The summed E-state index contributed by atoms with van der Waals surface area (Å²) in [5.74, 6) is 0.731. The first-order valence-corrected chi connectivity index (χ1v) is 11.8. The molecule has 0 aromatic heterocycles. The summed E-state index contributed by atoms with van der Waals surface area (Å²) in [5.41, 5.74) is 2.62. The first-order chi connectivity index (χ1) is 17.3. The highest BCUT2D eigenvalue weighted by molar-refractivity contribution is 5.93. The van der Waals surface area contributed by atoms with Crippen LogP contribution in [0.4, 0.5) is 4.39 Å². The molecule has 8 heteroatoms. The van der Waals surface area contributed by atoms with E-state index in [0.29, 0.717) is 53.6 Å². The molecule has 1 aliphatic carbocycles. The van der Waals surface area contributed by atoms with Gasteiger partial charge in [0.25, 0.3) is 5.91 Å². The molecule has 7 nitrogen and oxygen atoms in total. The largest absolute Gasteiger partial charge is 0.492 e. The first kappa shape index (κ1) is 23.7. The van der Waals surface area contributed by atoms with Gasteiger partial charge in [0.15, 0.2) is 0 Å². The summed E-state index contributed by atoms with van der Waals surface area (Å²) in [4.78, 5) is 24.7. The molecule has 186 valence electrons. The van der Waals surface area contributed by atoms with Gasteiger partial charge in [0.05, 0.1) is 13.0 Å². The van der Waals surface area contributed by atoms with Gasteiger partial charge in [-0.15, -0.1) is 0 Å². The van der Waals surface area contributed by atoms with Gasteiger partial charge in [-0.3, -0.25) is 9.59 Å². The van der Waals surface area contributed by atoms with E-state index in [1.54, 1.807) is 56.6 Å². The van der Waals surface area contributed by atoms with E-state index in [-0.39, 0.29) is 24.1 Å². The molecule has 1 aliphatic heterocycles. The molecule has 5 rings (SSSR count). The molecule has 0 saturated carbocycles. The quantitative estimate of drug-likeness (QED) is 0.481. The summed E-state index contributed by atoms with van der Waals surface area (Å²) < 4.78 is 32.8. The average molecular weight is 492 g/mol. The molecule has 0 spiro atoms. The number of ether oxygens (including phenoxy) is 3. The van der Waals surface area contributed by atoms with Gasteiger partial charge < -0.3 is 24.2 Å². The van der Waals surface area contributed by atoms with Crippen LogP contribution in [0, 0.1) is 5.82 Å². The van der Waals surface area contributed by atoms with E-state index in [1.807, 2.05) is 6.07 Å². The third kappa shape index (κ3) is 4.58. The van der Waals surface area contributed by atoms with E-state index in [9.17, 15) is 14.0 Å². The molecule has 0 saturated heterocycles. The second-order valence-electron chi connectivity index (χ2n) is 9.21. The molecular weight excluding hydrogens is 465 g/mol. The van der Waals surface area contributed by atoms with Crippen molar-refractivity contribution in [1.82, 2.24) is 4.90 Å². The van der Waals surface area contributed by atoms with Gasteiger partial charge in [0.2, 0.25) is 0 Å². The van der Waals surface area contributed by atoms with Crippen LogP contribution in [0.25, 0.3) is 0 Å². The summed E-state index contributed by atoms with van der Waals surface area (Å²) >= 11 is 0. The summed E-state index contributed by atoms with van der Waals surface area (Å²) in [6.07, 6.45) is 0.693. The van der Waals surface area contributed by atoms with Crippen LogP contribution in [0.5, 0.6) is 23.0 Å². The number of carboxylic acid groups (broad SMARTS) is 1. The normalized spacial score (nSPS) is 17.6. The maximum Gasteiger partial charge on any atom is 0.304 e. The average Bonchev–Trinajstić information content (AvgIpc) is 3.45. The lowest BCUT2D eigenvalue weighted by Crippen LogP contribution is -2.21. The Balaban J connectivity index is 1.33. The highest BCUT2D eigenvalue weighted by atomic mass is 19.1. The maximum absolute atomic E-state index is 14.9. The minimum Gasteiger partial charge on any atom is -0.492 e. The molecule has 1 unspecified atom stereocenters. The number of carbonyl (C=O) groups excluding carboxylic acids is 1. The number of halogens is 1. The minimum absolute atomic E-state index is 0.00583. The number of rotatable bonds is 7. The number of amides is 1. The zero-order chi connectivity index (χ0) is 25.4. The van der Waals surface area contributed by atoms with E-state index in [2.05, 4.69) is 0 Å². The van der Waals surface area contributed by atoms with Crippen molar-refractivity contribution in [3.8, 4) is 23.0 Å². The van der Waals surface area contributed by atoms with Gasteiger partial charge in [0, 0.05) is 48.3 Å². The third-order valence-electron chi connectivity index (χ3n) is 6.54. The lowest BCUT2D eigenvalue weighted by Gasteiger charge is -2.17. The zero-order valence-electron chi connectivity index (χ0n) is 20.0. The molecule has 1 amide bonds. The number of nitrogens with zero attached hydrogens (tertiary/aromatic N) is 1. The third-order valence-corrected chi connectivity index (χ3v) is 6.54. The molecule has 36 heavy (non-hydrogen) atoms. The number of hydrogen-bond acceptors (Lipinski definition) is 5. The van der Waals surface area contributed by atoms with Gasteiger partial charge in [-0.25, -0.2) is 4.39 Å². The lowest BCUT2D eigenvalue weighted by molar-refractivity contribution is -0.137. The molecule has 3 aromatic carbocycles. The van der Waals surface area contributed by atoms with Crippen molar-refractivity contribution in [3.63, 3.8) is 0 Å². The van der Waals surface area contributed by atoms with Crippen LogP contribution >= 0.6 is 0 Å². The molecule has 0 radical (unpaired) electrons. The van der Waals surface area contributed by atoms with Crippen LogP contribution in [0.3, 0.4) is 0 Å². The van der Waals surface area contributed by atoms with E-state index < -0.39 is 12.1 Å². The minimum atomic E-state index is -0.870. The number of carbonyl (C=O) groups is 2. The van der Waals surface area contributed by atoms with Crippen molar-refractivity contribution in [2.45, 2.75) is 31.3 Å². The SMILES string of the molecule is CN(C)C(=O)c1ccc(Oc2ccc(F)c3c2CC[C@H]3Oc2ccc3c(c2)OCC3CC(=O)O)cc1. The summed E-state index contributed by atoms with van der Waals surface area (Å²) in [7, 11) is 3.39. The Bertz CT molecular complexity index is 1320. The summed E-state index contributed by atoms with van der Waals surface area (Å²) in [5, 5.41) is 9.09. The molecule has 0 bridgehead atoms. The Hall–Kier alpha value is -4.07. The summed E-state index contributed by atoms with van der Waals surface area (Å²) in [6.45, 7) is 0.316. The standard InChI is InChI=1S/C28H26FNO6/c1-30(2)28(33)16-3-5-18(6-4-16)35-23-12-10-22(29)27-21(23)9-11-24(27)36-19-7-8-20-17(13-26(31)32)15-34-25(20)14-19/h3-8,10,12,14,17,24H,9,11,13,15H2,1-2H3,(H,31,32)/t17?,24-/m1/s1. The number of benzene rings is 3. The fourth-order valence-corrected chi connectivity index (χ4v) is 4.78. The Morgan fingerprint density at radius 3 is 2.56 bits per heavy atom. The monoisotopic (exact) mass is 491 g/mol. The number of aliphatic carboxylic acids is 1. The van der Waals surface area contributed by atoms with E-state index in [1.165, 1.54) is 11.0 Å². The highest BCUT2D eigenvalue weighted by Crippen LogP contribution is 2.44. The lowest BCUT2D eigenvalue weighted by atomic mass is 9.98. The second-order valence-corrected chi connectivity index (χ2v) is 9.21. The van der Waals surface area contributed by atoms with Crippen LogP contribution in [-0.2, 0) is 11.2 Å². The number of carboxylic acids is 1. The van der Waals surface area contributed by atoms with Crippen LogP contribution < -0.4 is 14.2 Å². The van der Waals surface area contributed by atoms with E-state index >= 15 is 0 Å². The van der Waals surface area contributed by atoms with E-state index in [0.717, 1.165) is 11.1 Å². The van der Waals surface area contributed by atoms with Gasteiger partial charge in [-0.2, -0.15) is 0 Å². The first-order valence-electron chi connectivity index (χ1n) is 11.8. The van der Waals surface area contributed by atoms with Crippen molar-refractivity contribution in [2.24, 2.45) is 0 Å².